The van der Waals surface area contributed by atoms with Gasteiger partial charge >= 0.3 is 0 Å². The Morgan fingerprint density at radius 1 is 1.22 bits per heavy atom. The van der Waals surface area contributed by atoms with Crippen LogP contribution in [0.3, 0.4) is 0 Å². The molecule has 0 heterocycles. The molecule has 0 bridgehead atoms. The van der Waals surface area contributed by atoms with Crippen LogP contribution in [0.1, 0.15) is 57.6 Å². The summed E-state index contributed by atoms with van der Waals surface area (Å²) in [6.45, 7) is 11.6. The van der Waals surface area contributed by atoms with Crippen molar-refractivity contribution in [3.05, 3.63) is 23.3 Å². The summed E-state index contributed by atoms with van der Waals surface area (Å²) in [4.78, 5) is 0. The number of benzene rings is 1. The Balaban J connectivity index is 2.83. The first-order valence-electron chi connectivity index (χ1n) is 6.98. The van der Waals surface area contributed by atoms with Crippen LogP contribution in [0.25, 0.3) is 0 Å². The lowest BCUT2D eigenvalue weighted by molar-refractivity contribution is 0.248. The first-order chi connectivity index (χ1) is 8.45. The predicted octanol–water partition coefficient (Wildman–Crippen LogP) is 4.52. The van der Waals surface area contributed by atoms with Crippen LogP contribution in [0.5, 0.6) is 5.75 Å². The Morgan fingerprint density at radius 2 is 1.89 bits per heavy atom. The highest BCUT2D eigenvalue weighted by molar-refractivity contribution is 5.55. The van der Waals surface area contributed by atoms with E-state index in [1.165, 1.54) is 18.4 Å². The Bertz CT molecular complexity index is 385. The van der Waals surface area contributed by atoms with Gasteiger partial charge in [-0.25, -0.2) is 0 Å². The van der Waals surface area contributed by atoms with E-state index in [4.69, 9.17) is 10.5 Å². The van der Waals surface area contributed by atoms with Crippen LogP contribution >= 0.6 is 0 Å². The second-order valence-corrected chi connectivity index (χ2v) is 5.61. The van der Waals surface area contributed by atoms with Crippen molar-refractivity contribution in [1.29, 1.82) is 0 Å². The second-order valence-electron chi connectivity index (χ2n) is 5.61. The number of rotatable bonds is 6. The molecule has 0 spiro atoms. The molecule has 0 saturated carbocycles. The zero-order chi connectivity index (χ0) is 13.7. The topological polar surface area (TPSA) is 35.2 Å². The van der Waals surface area contributed by atoms with Gasteiger partial charge in [0.2, 0.25) is 0 Å². The molecule has 0 aliphatic carbocycles. The lowest BCUT2D eigenvalue weighted by atomic mass is 9.99. The van der Waals surface area contributed by atoms with Crippen molar-refractivity contribution in [2.24, 2.45) is 5.92 Å². The van der Waals surface area contributed by atoms with E-state index in [9.17, 15) is 0 Å². The monoisotopic (exact) mass is 249 g/mol. The van der Waals surface area contributed by atoms with E-state index in [0.717, 1.165) is 23.6 Å². The summed E-state index contributed by atoms with van der Waals surface area (Å²) < 4.78 is 5.99. The number of hydrogen-bond acceptors (Lipinski definition) is 2. The number of nitrogens with two attached hydrogens (primary N) is 1. The molecule has 18 heavy (non-hydrogen) atoms. The minimum Gasteiger partial charge on any atom is -0.493 e. The van der Waals surface area contributed by atoms with Crippen molar-refractivity contribution < 1.29 is 4.74 Å². The van der Waals surface area contributed by atoms with E-state index in [-0.39, 0.29) is 0 Å². The summed E-state index contributed by atoms with van der Waals surface area (Å²) in [6, 6.07) is 4.13. The standard InChI is InChI=1S/C16H27NO/c1-6-7-12(4)10-18-16-8-13(5)15(17)9-14(16)11(2)3/h8-9,11-12H,6-7,10,17H2,1-5H3. The summed E-state index contributed by atoms with van der Waals surface area (Å²) in [6.07, 6.45) is 2.42. The van der Waals surface area contributed by atoms with Crippen molar-refractivity contribution in [3.8, 4) is 5.75 Å². The van der Waals surface area contributed by atoms with Crippen LogP contribution in [0.15, 0.2) is 12.1 Å². The molecular weight excluding hydrogens is 222 g/mol. The fourth-order valence-electron chi connectivity index (χ4n) is 2.10. The van der Waals surface area contributed by atoms with E-state index in [1.54, 1.807) is 0 Å². The maximum Gasteiger partial charge on any atom is 0.123 e. The molecule has 1 aromatic rings. The molecule has 0 saturated heterocycles. The molecule has 1 atom stereocenters. The van der Waals surface area contributed by atoms with Crippen molar-refractivity contribution >= 4 is 5.69 Å². The van der Waals surface area contributed by atoms with Gasteiger partial charge in [-0.2, -0.15) is 0 Å². The SMILES string of the molecule is CCCC(C)COc1cc(C)c(N)cc1C(C)C. The number of hydrogen-bond donors (Lipinski definition) is 1. The van der Waals surface area contributed by atoms with Crippen LogP contribution < -0.4 is 10.5 Å². The van der Waals surface area contributed by atoms with Crippen LogP contribution in [-0.2, 0) is 0 Å². The molecule has 1 unspecified atom stereocenters. The zero-order valence-electron chi connectivity index (χ0n) is 12.4. The largest absolute Gasteiger partial charge is 0.493 e. The molecule has 2 heteroatoms. The molecule has 0 fully saturated rings. The Hall–Kier alpha value is -1.18. The van der Waals surface area contributed by atoms with Gasteiger partial charge in [0.25, 0.3) is 0 Å². The summed E-state index contributed by atoms with van der Waals surface area (Å²) in [5.41, 5.74) is 9.13. The molecule has 1 rings (SSSR count). The minimum absolute atomic E-state index is 0.435. The highest BCUT2D eigenvalue weighted by atomic mass is 16.5. The van der Waals surface area contributed by atoms with E-state index in [1.807, 2.05) is 6.92 Å². The van der Waals surface area contributed by atoms with Crippen LogP contribution in [-0.4, -0.2) is 6.61 Å². The van der Waals surface area contributed by atoms with Gasteiger partial charge in [-0.3, -0.25) is 0 Å². The maximum absolute atomic E-state index is 5.99. The second kappa shape index (κ2) is 6.67. The number of ether oxygens (including phenoxy) is 1. The van der Waals surface area contributed by atoms with E-state index < -0.39 is 0 Å². The summed E-state index contributed by atoms with van der Waals surface area (Å²) >= 11 is 0. The van der Waals surface area contributed by atoms with Gasteiger partial charge in [0.1, 0.15) is 5.75 Å². The third-order valence-corrected chi connectivity index (χ3v) is 3.33. The van der Waals surface area contributed by atoms with Crippen molar-refractivity contribution in [3.63, 3.8) is 0 Å². The van der Waals surface area contributed by atoms with E-state index >= 15 is 0 Å². The van der Waals surface area contributed by atoms with Crippen molar-refractivity contribution in [2.75, 3.05) is 12.3 Å². The van der Waals surface area contributed by atoms with Gasteiger partial charge in [0.15, 0.2) is 0 Å². The fraction of sp³-hybridized carbons (Fsp3) is 0.625. The zero-order valence-corrected chi connectivity index (χ0v) is 12.4. The van der Waals surface area contributed by atoms with E-state index in [2.05, 4.69) is 39.8 Å². The quantitative estimate of drug-likeness (QED) is 0.752. The van der Waals surface area contributed by atoms with Gasteiger partial charge < -0.3 is 10.5 Å². The molecular formula is C16H27NO. The number of aryl methyl sites for hydroxylation is 1. The van der Waals surface area contributed by atoms with Gasteiger partial charge in [0, 0.05) is 5.69 Å². The number of nitrogen functional groups attached to an aromatic ring is 1. The molecule has 0 amide bonds. The third kappa shape index (κ3) is 3.94. The molecule has 1 aromatic carbocycles. The highest BCUT2D eigenvalue weighted by Crippen LogP contribution is 2.31. The van der Waals surface area contributed by atoms with Gasteiger partial charge in [0.05, 0.1) is 6.61 Å². The van der Waals surface area contributed by atoms with E-state index in [0.29, 0.717) is 11.8 Å². The molecule has 0 radical (unpaired) electrons. The minimum atomic E-state index is 0.435. The third-order valence-electron chi connectivity index (χ3n) is 3.33. The average molecular weight is 249 g/mol. The first-order valence-corrected chi connectivity index (χ1v) is 6.98. The fourth-order valence-corrected chi connectivity index (χ4v) is 2.10. The number of anilines is 1. The maximum atomic E-state index is 5.99. The summed E-state index contributed by atoms with van der Waals surface area (Å²) in [5.74, 6) is 2.04. The summed E-state index contributed by atoms with van der Waals surface area (Å²) in [7, 11) is 0. The lowest BCUT2D eigenvalue weighted by Crippen LogP contribution is -2.10. The van der Waals surface area contributed by atoms with Gasteiger partial charge in [-0.1, -0.05) is 34.1 Å². The van der Waals surface area contributed by atoms with Crippen LogP contribution in [0, 0.1) is 12.8 Å². The molecule has 0 aromatic heterocycles. The Morgan fingerprint density at radius 3 is 2.44 bits per heavy atom. The molecule has 102 valence electrons. The average Bonchev–Trinajstić information content (AvgIpc) is 2.30. The Kier molecular flexibility index (Phi) is 5.52. The molecule has 2 nitrogen and oxygen atoms in total. The summed E-state index contributed by atoms with van der Waals surface area (Å²) in [5, 5.41) is 0. The Labute approximate surface area is 112 Å². The predicted molar refractivity (Wildman–Crippen MR) is 79.2 cm³/mol. The van der Waals surface area contributed by atoms with Crippen LogP contribution in [0.2, 0.25) is 0 Å². The van der Waals surface area contributed by atoms with Gasteiger partial charge in [-0.15, -0.1) is 0 Å². The van der Waals surface area contributed by atoms with Crippen LogP contribution in [0.4, 0.5) is 5.69 Å². The smallest absolute Gasteiger partial charge is 0.123 e. The molecule has 0 aliphatic rings. The highest BCUT2D eigenvalue weighted by Gasteiger charge is 2.11. The van der Waals surface area contributed by atoms with Crippen molar-refractivity contribution in [1.82, 2.24) is 0 Å². The molecule has 2 N–H and O–H groups in total. The first kappa shape index (κ1) is 14.9. The lowest BCUT2D eigenvalue weighted by Gasteiger charge is -2.18. The molecule has 0 aliphatic heterocycles. The normalized spacial score (nSPS) is 12.8. The van der Waals surface area contributed by atoms with Gasteiger partial charge in [-0.05, 0) is 48.4 Å². The van der Waals surface area contributed by atoms with Crippen molar-refractivity contribution in [2.45, 2.75) is 53.4 Å².